The van der Waals surface area contributed by atoms with Crippen molar-refractivity contribution in [2.24, 2.45) is 0 Å². The molecule has 0 amide bonds. The van der Waals surface area contributed by atoms with Gasteiger partial charge in [-0.2, -0.15) is 0 Å². The van der Waals surface area contributed by atoms with Crippen LogP contribution in [0.2, 0.25) is 5.02 Å². The average Bonchev–Trinajstić information content (AvgIpc) is 3.09. The highest BCUT2D eigenvalue weighted by atomic mass is 35.5. The molecule has 0 spiro atoms. The SMILES string of the molecule is Cc1ccccc1OCc1nc2ccccc2n1CCCOc1ccc(Cl)cc1. The molecule has 0 fully saturated rings. The Morgan fingerprint density at radius 1 is 0.897 bits per heavy atom. The van der Waals surface area contributed by atoms with Gasteiger partial charge in [0.1, 0.15) is 23.9 Å². The molecule has 148 valence electrons. The minimum absolute atomic E-state index is 0.428. The number of nitrogens with zero attached hydrogens (tertiary/aromatic N) is 2. The van der Waals surface area contributed by atoms with Gasteiger partial charge in [-0.15, -0.1) is 0 Å². The fraction of sp³-hybridized carbons (Fsp3) is 0.208. The molecule has 4 nitrogen and oxygen atoms in total. The van der Waals surface area contributed by atoms with Crippen molar-refractivity contribution in [2.75, 3.05) is 6.61 Å². The zero-order valence-electron chi connectivity index (χ0n) is 16.3. The largest absolute Gasteiger partial charge is 0.494 e. The smallest absolute Gasteiger partial charge is 0.148 e. The molecule has 4 aromatic rings. The van der Waals surface area contributed by atoms with Crippen molar-refractivity contribution in [2.45, 2.75) is 26.5 Å². The van der Waals surface area contributed by atoms with Gasteiger partial charge in [-0.25, -0.2) is 4.98 Å². The Labute approximate surface area is 175 Å². The summed E-state index contributed by atoms with van der Waals surface area (Å²) in [6.45, 7) is 3.90. The molecule has 0 aliphatic heterocycles. The van der Waals surface area contributed by atoms with Crippen LogP contribution < -0.4 is 9.47 Å². The Bertz CT molecular complexity index is 1090. The van der Waals surface area contributed by atoms with Gasteiger partial charge < -0.3 is 14.0 Å². The van der Waals surface area contributed by atoms with Gasteiger partial charge in [-0.1, -0.05) is 41.9 Å². The lowest BCUT2D eigenvalue weighted by atomic mass is 10.2. The summed E-state index contributed by atoms with van der Waals surface area (Å²) >= 11 is 5.92. The fourth-order valence-electron chi connectivity index (χ4n) is 3.29. The first-order valence-corrected chi connectivity index (χ1v) is 10.1. The van der Waals surface area contributed by atoms with Crippen molar-refractivity contribution >= 4 is 22.6 Å². The van der Waals surface area contributed by atoms with Crippen LogP contribution in [0, 0.1) is 6.92 Å². The van der Waals surface area contributed by atoms with E-state index < -0.39 is 0 Å². The third-order valence-corrected chi connectivity index (χ3v) is 5.04. The fourth-order valence-corrected chi connectivity index (χ4v) is 3.42. The molecule has 0 aliphatic carbocycles. The highest BCUT2D eigenvalue weighted by molar-refractivity contribution is 6.30. The lowest BCUT2D eigenvalue weighted by Gasteiger charge is -2.12. The maximum Gasteiger partial charge on any atom is 0.148 e. The van der Waals surface area contributed by atoms with Crippen LogP contribution in [0.4, 0.5) is 0 Å². The number of para-hydroxylation sites is 3. The number of imidazole rings is 1. The van der Waals surface area contributed by atoms with Gasteiger partial charge in [-0.05, 0) is 61.4 Å². The summed E-state index contributed by atoms with van der Waals surface area (Å²) in [4.78, 5) is 4.79. The molecule has 0 saturated carbocycles. The van der Waals surface area contributed by atoms with E-state index in [1.54, 1.807) is 0 Å². The van der Waals surface area contributed by atoms with Crippen LogP contribution >= 0.6 is 11.6 Å². The molecule has 1 aromatic heterocycles. The Morgan fingerprint density at radius 3 is 2.48 bits per heavy atom. The number of fused-ring (bicyclic) bond motifs is 1. The van der Waals surface area contributed by atoms with Gasteiger partial charge in [-0.3, -0.25) is 0 Å². The van der Waals surface area contributed by atoms with Crippen LogP contribution in [-0.4, -0.2) is 16.2 Å². The van der Waals surface area contributed by atoms with Gasteiger partial charge in [0.05, 0.1) is 17.6 Å². The van der Waals surface area contributed by atoms with Crippen molar-refractivity contribution in [3.63, 3.8) is 0 Å². The van der Waals surface area contributed by atoms with Gasteiger partial charge in [0, 0.05) is 11.6 Å². The van der Waals surface area contributed by atoms with Crippen molar-refractivity contribution in [1.29, 1.82) is 0 Å². The first-order valence-electron chi connectivity index (χ1n) is 9.71. The normalized spacial score (nSPS) is 11.0. The van der Waals surface area contributed by atoms with Gasteiger partial charge >= 0.3 is 0 Å². The molecule has 0 atom stereocenters. The molecule has 0 saturated heterocycles. The highest BCUT2D eigenvalue weighted by Crippen LogP contribution is 2.21. The number of hydrogen-bond acceptors (Lipinski definition) is 3. The quantitative estimate of drug-likeness (QED) is 0.334. The summed E-state index contributed by atoms with van der Waals surface area (Å²) < 4.78 is 14.1. The summed E-state index contributed by atoms with van der Waals surface area (Å²) in [5.41, 5.74) is 3.21. The predicted molar refractivity (Wildman–Crippen MR) is 117 cm³/mol. The Kier molecular flexibility index (Phi) is 6.01. The van der Waals surface area contributed by atoms with Crippen LogP contribution in [0.3, 0.4) is 0 Å². The van der Waals surface area contributed by atoms with E-state index in [-0.39, 0.29) is 0 Å². The minimum atomic E-state index is 0.428. The van der Waals surface area contributed by atoms with Crippen LogP contribution in [0.15, 0.2) is 72.8 Å². The standard InChI is InChI=1S/C24H23ClN2O2/c1-18-7-2-5-10-23(18)29-17-24-26-21-8-3-4-9-22(21)27(24)15-6-16-28-20-13-11-19(25)12-14-20/h2-5,7-14H,6,15-17H2,1H3. The van der Waals surface area contributed by atoms with E-state index in [0.29, 0.717) is 18.2 Å². The first-order chi connectivity index (χ1) is 14.2. The molecule has 29 heavy (non-hydrogen) atoms. The summed E-state index contributed by atoms with van der Waals surface area (Å²) in [6, 6.07) is 23.7. The van der Waals surface area contributed by atoms with E-state index in [2.05, 4.69) is 10.6 Å². The maximum absolute atomic E-state index is 6.05. The van der Waals surface area contributed by atoms with Crippen molar-refractivity contribution in [3.05, 3.63) is 89.2 Å². The highest BCUT2D eigenvalue weighted by Gasteiger charge is 2.11. The summed E-state index contributed by atoms with van der Waals surface area (Å²) in [6.07, 6.45) is 0.861. The lowest BCUT2D eigenvalue weighted by molar-refractivity contribution is 0.279. The van der Waals surface area contributed by atoms with E-state index in [4.69, 9.17) is 26.1 Å². The molecule has 1 heterocycles. The zero-order valence-corrected chi connectivity index (χ0v) is 17.1. The van der Waals surface area contributed by atoms with Crippen molar-refractivity contribution in [1.82, 2.24) is 9.55 Å². The summed E-state index contributed by atoms with van der Waals surface area (Å²) in [5, 5.41) is 0.709. The number of rotatable bonds is 8. The molecule has 0 unspecified atom stereocenters. The molecular formula is C24H23ClN2O2. The number of hydrogen-bond donors (Lipinski definition) is 0. The van der Waals surface area contributed by atoms with Crippen LogP contribution in [-0.2, 0) is 13.2 Å². The molecule has 0 N–H and O–H groups in total. The monoisotopic (exact) mass is 406 g/mol. The predicted octanol–water partition coefficient (Wildman–Crippen LogP) is 6.05. The molecule has 5 heteroatoms. The Balaban J connectivity index is 1.44. The van der Waals surface area contributed by atoms with Gasteiger partial charge in [0.25, 0.3) is 0 Å². The zero-order chi connectivity index (χ0) is 20.1. The third kappa shape index (κ3) is 4.72. The number of benzene rings is 3. The molecule has 0 radical (unpaired) electrons. The van der Waals surface area contributed by atoms with E-state index in [1.165, 1.54) is 0 Å². The number of halogens is 1. The first kappa shape index (κ1) is 19.3. The van der Waals surface area contributed by atoms with Gasteiger partial charge in [0.2, 0.25) is 0 Å². The average molecular weight is 407 g/mol. The van der Waals surface area contributed by atoms with Crippen molar-refractivity contribution in [3.8, 4) is 11.5 Å². The maximum atomic E-state index is 6.05. The van der Waals surface area contributed by atoms with E-state index >= 15 is 0 Å². The number of ether oxygens (including phenoxy) is 2. The summed E-state index contributed by atoms with van der Waals surface area (Å²) in [5.74, 6) is 2.63. The molecular weight excluding hydrogens is 384 g/mol. The van der Waals surface area contributed by atoms with Crippen LogP contribution in [0.1, 0.15) is 17.8 Å². The van der Waals surface area contributed by atoms with Crippen LogP contribution in [0.25, 0.3) is 11.0 Å². The molecule has 4 rings (SSSR count). The molecule has 0 bridgehead atoms. The summed E-state index contributed by atoms with van der Waals surface area (Å²) in [7, 11) is 0. The van der Waals surface area contributed by atoms with E-state index in [9.17, 15) is 0 Å². The lowest BCUT2D eigenvalue weighted by Crippen LogP contribution is -2.10. The van der Waals surface area contributed by atoms with Gasteiger partial charge in [0.15, 0.2) is 0 Å². The van der Waals surface area contributed by atoms with Crippen LogP contribution in [0.5, 0.6) is 11.5 Å². The Hall–Kier alpha value is -2.98. The second-order valence-electron chi connectivity index (χ2n) is 6.88. The topological polar surface area (TPSA) is 36.3 Å². The molecule has 3 aromatic carbocycles. The Morgan fingerprint density at radius 2 is 1.66 bits per heavy atom. The van der Waals surface area contributed by atoms with Crippen molar-refractivity contribution < 1.29 is 9.47 Å². The minimum Gasteiger partial charge on any atom is -0.494 e. The van der Waals surface area contributed by atoms with E-state index in [1.807, 2.05) is 73.7 Å². The molecule has 0 aliphatic rings. The number of aryl methyl sites for hydroxylation is 2. The second-order valence-corrected chi connectivity index (χ2v) is 7.31. The van der Waals surface area contributed by atoms with E-state index in [0.717, 1.165) is 46.9 Å². The number of aromatic nitrogens is 2. The second kappa shape index (κ2) is 9.01. The third-order valence-electron chi connectivity index (χ3n) is 4.79.